The standard InChI is InChI=1S/C48H56N2O8Si/c1-48(2,3)59(37-15-7-4-8-16-37,38-17-9-5-10-18-38)58-32-35-30-39-45(47(57)50(46(39)56)28-14-6-11-20-43(54)55)40(31-51)44(35)42(53)26-23-34(41-19-12-13-27-49-41)29-33-21-24-36(52)25-22-33/h4-5,7-10,12-13,15-19,21-22,24-25,27,29,39-40,42,45,51-53H,6,11,14,20,23,26,28,30-32H2,1-3H3,(H,54,55)/b34-29-/t39-,40+,42-,45-/m1/s1. The number of benzene rings is 3. The Hall–Kier alpha value is -5.20. The maximum Gasteiger partial charge on any atom is 0.303 e. The van der Waals surface area contributed by atoms with Crippen molar-refractivity contribution >= 4 is 48.1 Å². The minimum absolute atomic E-state index is 0.0196. The summed E-state index contributed by atoms with van der Waals surface area (Å²) in [6.45, 7) is 6.37. The minimum atomic E-state index is -3.09. The predicted octanol–water partition coefficient (Wildman–Crippen LogP) is 6.60. The van der Waals surface area contributed by atoms with Crippen molar-refractivity contribution in [2.45, 2.75) is 76.9 Å². The number of phenols is 1. The SMILES string of the molecule is CC(C)(C)[Si](OCC1=C([C@H](O)CC/C(=C/c2ccc(O)cc2)c2ccccn2)[C@H](CO)[C@@H]2C(=O)N(CCCCCC(=O)O)C(=O)[C@@H]2C1)(c1ccccc1)c1ccccc1. The molecule has 3 aromatic carbocycles. The first-order chi connectivity index (χ1) is 28.4. The molecular formula is C48H56N2O8Si. The van der Waals surface area contributed by atoms with E-state index >= 15 is 0 Å². The number of aliphatic hydroxyl groups is 2. The largest absolute Gasteiger partial charge is 0.508 e. The lowest BCUT2D eigenvalue weighted by atomic mass is 9.68. The number of likely N-dealkylation sites (tertiary alicyclic amines) is 1. The molecule has 0 spiro atoms. The van der Waals surface area contributed by atoms with E-state index in [0.717, 1.165) is 32.8 Å². The summed E-state index contributed by atoms with van der Waals surface area (Å²) < 4.78 is 7.40. The van der Waals surface area contributed by atoms with Crippen LogP contribution >= 0.6 is 0 Å². The topological polar surface area (TPSA) is 157 Å². The maximum atomic E-state index is 14.2. The number of carboxylic acid groups (broad SMARTS) is 1. The average Bonchev–Trinajstić information content (AvgIpc) is 3.47. The summed E-state index contributed by atoms with van der Waals surface area (Å²) in [5, 5.41) is 44.4. The summed E-state index contributed by atoms with van der Waals surface area (Å²) in [6, 6.07) is 32.9. The molecule has 1 saturated heterocycles. The van der Waals surface area contributed by atoms with E-state index in [9.17, 15) is 29.7 Å². The number of amides is 2. The smallest absolute Gasteiger partial charge is 0.303 e. The van der Waals surface area contributed by atoms with E-state index in [0.29, 0.717) is 31.3 Å². The lowest BCUT2D eigenvalue weighted by Crippen LogP contribution is -2.66. The number of aromatic nitrogens is 1. The quantitative estimate of drug-likeness (QED) is 0.0376. The third-order valence-electron chi connectivity index (χ3n) is 11.9. The van der Waals surface area contributed by atoms with Crippen molar-refractivity contribution in [2.75, 3.05) is 19.8 Å². The number of imide groups is 1. The van der Waals surface area contributed by atoms with Gasteiger partial charge in [0, 0.05) is 25.1 Å². The first-order valence-electron chi connectivity index (χ1n) is 20.6. The average molecular weight is 817 g/mol. The van der Waals surface area contributed by atoms with Gasteiger partial charge in [0.1, 0.15) is 5.75 Å². The Labute approximate surface area is 348 Å². The Bertz CT molecular complexity index is 2080. The van der Waals surface area contributed by atoms with Crippen LogP contribution in [0.4, 0.5) is 0 Å². The Morgan fingerprint density at radius 3 is 2.10 bits per heavy atom. The molecule has 0 unspecified atom stereocenters. The summed E-state index contributed by atoms with van der Waals surface area (Å²) in [6.07, 6.45) is 4.92. The highest BCUT2D eigenvalue weighted by atomic mass is 28.4. The van der Waals surface area contributed by atoms with Gasteiger partial charge in [-0.05, 0) is 100 Å². The van der Waals surface area contributed by atoms with E-state index in [1.807, 2.05) is 60.7 Å². The van der Waals surface area contributed by atoms with Crippen molar-refractivity contribution in [1.82, 2.24) is 9.88 Å². The summed E-state index contributed by atoms with van der Waals surface area (Å²) in [7, 11) is -3.09. The number of carbonyl (C=O) groups excluding carboxylic acids is 2. The first kappa shape index (κ1) is 43.4. The number of hydrogen-bond acceptors (Lipinski definition) is 8. The van der Waals surface area contributed by atoms with E-state index in [-0.39, 0.29) is 55.0 Å². The van der Waals surface area contributed by atoms with Gasteiger partial charge in [0.2, 0.25) is 11.8 Å². The maximum absolute atomic E-state index is 14.2. The molecule has 59 heavy (non-hydrogen) atoms. The second-order valence-electron chi connectivity index (χ2n) is 16.7. The number of aliphatic carboxylic acids is 1. The Kier molecular flexibility index (Phi) is 14.1. The monoisotopic (exact) mass is 816 g/mol. The van der Waals surface area contributed by atoms with E-state index in [2.05, 4.69) is 50.0 Å². The lowest BCUT2D eigenvalue weighted by Gasteiger charge is -2.44. The molecular weight excluding hydrogens is 761 g/mol. The number of hydrogen-bond donors (Lipinski definition) is 4. The van der Waals surface area contributed by atoms with Gasteiger partial charge in [-0.15, -0.1) is 0 Å². The number of aromatic hydroxyl groups is 1. The van der Waals surface area contributed by atoms with Gasteiger partial charge < -0.3 is 24.9 Å². The fourth-order valence-corrected chi connectivity index (χ4v) is 13.6. The highest BCUT2D eigenvalue weighted by Gasteiger charge is 2.56. The van der Waals surface area contributed by atoms with Crippen LogP contribution in [0.15, 0.2) is 120 Å². The molecule has 2 amide bonds. The molecule has 11 heteroatoms. The van der Waals surface area contributed by atoms with Crippen LogP contribution in [-0.2, 0) is 18.8 Å². The number of phenolic OH excluding ortho intramolecular Hbond substituents is 1. The van der Waals surface area contributed by atoms with Crippen LogP contribution in [0, 0.1) is 17.8 Å². The van der Waals surface area contributed by atoms with Gasteiger partial charge in [-0.25, -0.2) is 0 Å². The molecule has 1 aliphatic carbocycles. The van der Waals surface area contributed by atoms with Crippen molar-refractivity contribution in [3.63, 3.8) is 0 Å². The second-order valence-corrected chi connectivity index (χ2v) is 21.0. The van der Waals surface area contributed by atoms with Crippen LogP contribution in [0.5, 0.6) is 5.75 Å². The molecule has 4 aromatic rings. The van der Waals surface area contributed by atoms with Gasteiger partial charge in [0.15, 0.2) is 0 Å². The number of fused-ring (bicyclic) bond motifs is 1. The van der Waals surface area contributed by atoms with E-state index in [1.54, 1.807) is 30.5 Å². The molecule has 0 saturated carbocycles. The Morgan fingerprint density at radius 1 is 0.881 bits per heavy atom. The first-order valence-corrected chi connectivity index (χ1v) is 22.5. The summed E-state index contributed by atoms with van der Waals surface area (Å²) in [5.41, 5.74) is 3.70. The van der Waals surface area contributed by atoms with Crippen molar-refractivity contribution in [3.8, 4) is 5.75 Å². The van der Waals surface area contributed by atoms with Gasteiger partial charge in [0.05, 0.1) is 36.8 Å². The van der Waals surface area contributed by atoms with Gasteiger partial charge in [-0.1, -0.05) is 106 Å². The zero-order chi connectivity index (χ0) is 42.2. The number of pyridine rings is 1. The molecule has 310 valence electrons. The van der Waals surface area contributed by atoms with Crippen LogP contribution in [0.3, 0.4) is 0 Å². The predicted molar refractivity (Wildman–Crippen MR) is 231 cm³/mol. The zero-order valence-corrected chi connectivity index (χ0v) is 35.2. The third-order valence-corrected chi connectivity index (χ3v) is 16.9. The van der Waals surface area contributed by atoms with Crippen molar-refractivity contribution < 1.29 is 39.2 Å². The van der Waals surface area contributed by atoms with Crippen LogP contribution in [0.2, 0.25) is 5.04 Å². The molecule has 10 nitrogen and oxygen atoms in total. The number of nitrogens with zero attached hydrogens (tertiary/aromatic N) is 2. The number of aliphatic hydroxyl groups excluding tert-OH is 2. The molecule has 0 radical (unpaired) electrons. The molecule has 0 bridgehead atoms. The summed E-state index contributed by atoms with van der Waals surface area (Å²) >= 11 is 0. The molecule has 1 aliphatic heterocycles. The minimum Gasteiger partial charge on any atom is -0.508 e. The van der Waals surface area contributed by atoms with Crippen LogP contribution < -0.4 is 10.4 Å². The highest BCUT2D eigenvalue weighted by Crippen LogP contribution is 2.47. The van der Waals surface area contributed by atoms with Gasteiger partial charge in [-0.2, -0.15) is 0 Å². The number of allylic oxidation sites excluding steroid dienone is 1. The van der Waals surface area contributed by atoms with Crippen LogP contribution in [0.1, 0.15) is 77.0 Å². The number of unbranched alkanes of at least 4 members (excludes halogenated alkanes) is 2. The van der Waals surface area contributed by atoms with Crippen molar-refractivity contribution in [2.24, 2.45) is 17.8 Å². The Morgan fingerprint density at radius 2 is 1.53 bits per heavy atom. The lowest BCUT2D eigenvalue weighted by molar-refractivity contribution is -0.141. The van der Waals surface area contributed by atoms with Gasteiger partial charge in [-0.3, -0.25) is 24.3 Å². The fourth-order valence-electron chi connectivity index (χ4n) is 9.10. The molecule has 4 atom stereocenters. The molecule has 2 heterocycles. The van der Waals surface area contributed by atoms with Crippen molar-refractivity contribution in [3.05, 3.63) is 132 Å². The highest BCUT2D eigenvalue weighted by molar-refractivity contribution is 6.99. The van der Waals surface area contributed by atoms with E-state index in [4.69, 9.17) is 9.53 Å². The number of carbonyl (C=O) groups is 3. The van der Waals surface area contributed by atoms with Gasteiger partial charge >= 0.3 is 5.97 Å². The third kappa shape index (κ3) is 9.65. The summed E-state index contributed by atoms with van der Waals surface area (Å²) in [5.74, 6) is -3.81. The molecule has 2 aliphatic rings. The summed E-state index contributed by atoms with van der Waals surface area (Å²) in [4.78, 5) is 45.3. The zero-order valence-electron chi connectivity index (χ0n) is 34.2. The number of rotatable bonds is 18. The molecule has 1 aromatic heterocycles. The Balaban J connectivity index is 1.39. The fraction of sp³-hybridized carbons (Fsp3) is 0.375. The van der Waals surface area contributed by atoms with Gasteiger partial charge in [0.25, 0.3) is 8.32 Å². The second kappa shape index (κ2) is 19.2. The van der Waals surface area contributed by atoms with Crippen LogP contribution in [-0.4, -0.2) is 82.3 Å². The molecule has 1 fully saturated rings. The van der Waals surface area contributed by atoms with Crippen LogP contribution in [0.25, 0.3) is 11.6 Å². The molecule has 4 N–H and O–H groups in total. The number of carboxylic acids is 1. The molecule has 6 rings (SSSR count). The van der Waals surface area contributed by atoms with E-state index < -0.39 is 44.8 Å². The van der Waals surface area contributed by atoms with Crippen molar-refractivity contribution in [1.29, 1.82) is 0 Å². The van der Waals surface area contributed by atoms with E-state index in [1.165, 1.54) is 4.90 Å². The normalized spacial score (nSPS) is 19.2.